The molecule has 0 spiro atoms. The minimum Gasteiger partial charge on any atom is -0.463 e. The van der Waals surface area contributed by atoms with Crippen LogP contribution in [0, 0.1) is 0 Å². The van der Waals surface area contributed by atoms with Crippen LogP contribution in [-0.4, -0.2) is 25.5 Å². The van der Waals surface area contributed by atoms with Gasteiger partial charge in [-0.15, -0.1) is 0 Å². The van der Waals surface area contributed by atoms with Crippen LogP contribution in [0.25, 0.3) is 0 Å². The predicted octanol–water partition coefficient (Wildman–Crippen LogP) is 2.84. The highest BCUT2D eigenvalue weighted by atomic mass is 19.4. The molecule has 2 aromatic rings. The number of piperidine rings is 1. The first-order valence-corrected chi connectivity index (χ1v) is 8.79. The normalized spacial score (nSPS) is 17.0. The molecule has 4 nitrogen and oxygen atoms in total. The number of rotatable bonds is 5. The van der Waals surface area contributed by atoms with Crippen molar-refractivity contribution in [2.24, 2.45) is 0 Å². The first-order valence-electron chi connectivity index (χ1n) is 8.79. The van der Waals surface area contributed by atoms with Crippen molar-refractivity contribution in [3.63, 3.8) is 0 Å². The Labute approximate surface area is 150 Å². The second-order valence-electron chi connectivity index (χ2n) is 6.54. The lowest BCUT2D eigenvalue weighted by Crippen LogP contribution is -3.13. The number of quaternary nitrogens is 1. The summed E-state index contributed by atoms with van der Waals surface area (Å²) in [6.07, 6.45) is 0.382. The molecule has 140 valence electrons. The number of hydrogen-bond acceptors (Lipinski definition) is 2. The number of carbonyl (C=O) groups excluding carboxylic acids is 1. The summed E-state index contributed by atoms with van der Waals surface area (Å²) in [6, 6.07) is 8.37. The zero-order valence-electron chi connectivity index (χ0n) is 14.3. The molecule has 3 rings (SSSR count). The van der Waals surface area contributed by atoms with Crippen molar-refractivity contribution in [3.05, 3.63) is 59.5 Å². The SMILES string of the molecule is O=C(NC[C@H](c1ccco1)[NH+]1CCCCC1)c1ccccc1C(F)(F)F. The first-order chi connectivity index (χ1) is 12.5. The van der Waals surface area contributed by atoms with E-state index in [1.807, 2.05) is 6.07 Å². The molecular weight excluding hydrogens is 345 g/mol. The van der Waals surface area contributed by atoms with E-state index in [1.54, 1.807) is 12.3 Å². The second kappa shape index (κ2) is 7.95. The number of likely N-dealkylation sites (tertiary alicyclic amines) is 1. The standard InChI is InChI=1S/C19H21F3N2O2/c20-19(21,22)15-8-3-2-7-14(15)18(25)23-13-16(17-9-6-12-26-17)24-10-4-1-5-11-24/h2-3,6-9,12,16H,1,4-5,10-11,13H2,(H,23,25)/p+1/t16-/m1/s1. The Balaban J connectivity index is 1.74. The molecule has 1 aromatic carbocycles. The fourth-order valence-corrected chi connectivity index (χ4v) is 3.51. The number of halogens is 3. The summed E-state index contributed by atoms with van der Waals surface area (Å²) in [6.45, 7) is 2.15. The summed E-state index contributed by atoms with van der Waals surface area (Å²) < 4.78 is 44.9. The summed E-state index contributed by atoms with van der Waals surface area (Å²) in [5.41, 5.74) is -1.27. The van der Waals surface area contributed by atoms with Crippen molar-refractivity contribution in [2.45, 2.75) is 31.5 Å². The van der Waals surface area contributed by atoms with E-state index in [9.17, 15) is 18.0 Å². The lowest BCUT2D eigenvalue weighted by Gasteiger charge is -2.30. The molecule has 0 saturated carbocycles. The molecule has 2 heterocycles. The van der Waals surface area contributed by atoms with E-state index in [1.165, 1.54) is 29.5 Å². The van der Waals surface area contributed by atoms with Crippen LogP contribution in [0.5, 0.6) is 0 Å². The fraction of sp³-hybridized carbons (Fsp3) is 0.421. The Bertz CT molecular complexity index is 723. The number of nitrogens with one attached hydrogen (secondary N) is 2. The first kappa shape index (κ1) is 18.5. The maximum absolute atomic E-state index is 13.1. The zero-order chi connectivity index (χ0) is 18.6. The third-order valence-corrected chi connectivity index (χ3v) is 4.82. The van der Waals surface area contributed by atoms with Gasteiger partial charge >= 0.3 is 6.18 Å². The number of benzene rings is 1. The zero-order valence-corrected chi connectivity index (χ0v) is 14.3. The smallest absolute Gasteiger partial charge is 0.417 e. The second-order valence-corrected chi connectivity index (χ2v) is 6.54. The Hall–Kier alpha value is -2.28. The Morgan fingerprint density at radius 1 is 1.12 bits per heavy atom. The van der Waals surface area contributed by atoms with Gasteiger partial charge in [-0.05, 0) is 43.5 Å². The van der Waals surface area contributed by atoms with Crippen molar-refractivity contribution < 1.29 is 27.3 Å². The highest BCUT2D eigenvalue weighted by molar-refractivity contribution is 5.95. The van der Waals surface area contributed by atoms with Crippen molar-refractivity contribution in [2.75, 3.05) is 19.6 Å². The van der Waals surface area contributed by atoms with Crippen molar-refractivity contribution in [3.8, 4) is 0 Å². The van der Waals surface area contributed by atoms with E-state index in [0.29, 0.717) is 0 Å². The van der Waals surface area contributed by atoms with Crippen molar-refractivity contribution in [1.82, 2.24) is 5.32 Å². The van der Waals surface area contributed by atoms with Crippen LogP contribution in [0.4, 0.5) is 13.2 Å². The van der Waals surface area contributed by atoms with Gasteiger partial charge in [0.15, 0.2) is 11.8 Å². The van der Waals surface area contributed by atoms with E-state index in [0.717, 1.165) is 37.8 Å². The van der Waals surface area contributed by atoms with E-state index in [4.69, 9.17) is 4.42 Å². The minimum absolute atomic E-state index is 0.104. The molecule has 7 heteroatoms. The van der Waals surface area contributed by atoms with E-state index < -0.39 is 17.6 Å². The van der Waals surface area contributed by atoms with Gasteiger partial charge in [-0.3, -0.25) is 4.79 Å². The average molecular weight is 367 g/mol. The lowest BCUT2D eigenvalue weighted by molar-refractivity contribution is -0.936. The number of amides is 1. The molecule has 1 fully saturated rings. The predicted molar refractivity (Wildman–Crippen MR) is 89.8 cm³/mol. The summed E-state index contributed by atoms with van der Waals surface area (Å²) >= 11 is 0. The van der Waals surface area contributed by atoms with Crippen LogP contribution in [-0.2, 0) is 6.18 Å². The van der Waals surface area contributed by atoms with Gasteiger partial charge in [-0.25, -0.2) is 0 Å². The number of carbonyl (C=O) groups is 1. The number of furan rings is 1. The topological polar surface area (TPSA) is 46.7 Å². The molecule has 2 N–H and O–H groups in total. The quantitative estimate of drug-likeness (QED) is 0.854. The maximum Gasteiger partial charge on any atom is 0.417 e. The van der Waals surface area contributed by atoms with Crippen molar-refractivity contribution in [1.29, 1.82) is 0 Å². The van der Waals surface area contributed by atoms with Gasteiger partial charge in [0.05, 0.1) is 37.0 Å². The van der Waals surface area contributed by atoms with E-state index in [2.05, 4.69) is 5.32 Å². The number of hydrogen-bond donors (Lipinski definition) is 2. The summed E-state index contributed by atoms with van der Waals surface area (Å²) in [5.74, 6) is 0.0252. The summed E-state index contributed by atoms with van der Waals surface area (Å²) in [5, 5.41) is 2.68. The average Bonchev–Trinajstić information content (AvgIpc) is 3.16. The highest BCUT2D eigenvalue weighted by Gasteiger charge is 2.35. The van der Waals surface area contributed by atoms with Gasteiger partial charge < -0.3 is 14.6 Å². The monoisotopic (exact) mass is 367 g/mol. The molecule has 1 aliphatic heterocycles. The molecule has 0 unspecified atom stereocenters. The Kier molecular flexibility index (Phi) is 5.66. The molecule has 1 amide bonds. The highest BCUT2D eigenvalue weighted by Crippen LogP contribution is 2.31. The molecule has 0 aliphatic carbocycles. The summed E-state index contributed by atoms with van der Waals surface area (Å²) in [7, 11) is 0. The van der Waals surface area contributed by atoms with E-state index >= 15 is 0 Å². The molecule has 26 heavy (non-hydrogen) atoms. The fourth-order valence-electron chi connectivity index (χ4n) is 3.51. The van der Waals surface area contributed by atoms with Crippen LogP contribution >= 0.6 is 0 Å². The summed E-state index contributed by atoms with van der Waals surface area (Å²) in [4.78, 5) is 13.7. The van der Waals surface area contributed by atoms with Crippen LogP contribution in [0.15, 0.2) is 47.1 Å². The third kappa shape index (κ3) is 4.27. The third-order valence-electron chi connectivity index (χ3n) is 4.82. The molecule has 1 atom stereocenters. The molecular formula is C19H22F3N2O2+. The minimum atomic E-state index is -4.56. The van der Waals surface area contributed by atoms with Gasteiger partial charge in [0.25, 0.3) is 5.91 Å². The molecule has 0 radical (unpaired) electrons. The van der Waals surface area contributed by atoms with E-state index in [-0.39, 0.29) is 18.2 Å². The Morgan fingerprint density at radius 3 is 2.50 bits per heavy atom. The van der Waals surface area contributed by atoms with Crippen LogP contribution < -0.4 is 10.2 Å². The Morgan fingerprint density at radius 2 is 1.85 bits per heavy atom. The van der Waals surface area contributed by atoms with Gasteiger partial charge in [-0.1, -0.05) is 12.1 Å². The molecule has 1 aliphatic rings. The van der Waals surface area contributed by atoms with Gasteiger partial charge in [0.2, 0.25) is 0 Å². The van der Waals surface area contributed by atoms with Crippen molar-refractivity contribution >= 4 is 5.91 Å². The van der Waals surface area contributed by atoms with Crippen LogP contribution in [0.2, 0.25) is 0 Å². The van der Waals surface area contributed by atoms with Gasteiger partial charge in [-0.2, -0.15) is 13.2 Å². The molecule has 0 bridgehead atoms. The van der Waals surface area contributed by atoms with Gasteiger partial charge in [0.1, 0.15) is 0 Å². The maximum atomic E-state index is 13.1. The van der Waals surface area contributed by atoms with Crippen LogP contribution in [0.1, 0.15) is 47.0 Å². The largest absolute Gasteiger partial charge is 0.463 e. The number of alkyl halides is 3. The van der Waals surface area contributed by atoms with Crippen LogP contribution in [0.3, 0.4) is 0 Å². The van der Waals surface area contributed by atoms with Gasteiger partial charge in [0, 0.05) is 0 Å². The molecule has 1 saturated heterocycles. The lowest BCUT2D eigenvalue weighted by atomic mass is 10.0. The molecule has 1 aromatic heterocycles.